The zero-order valence-electron chi connectivity index (χ0n) is 12.4. The van der Waals surface area contributed by atoms with Crippen molar-refractivity contribution in [3.63, 3.8) is 0 Å². The van der Waals surface area contributed by atoms with E-state index >= 15 is 0 Å². The van der Waals surface area contributed by atoms with Gasteiger partial charge in [-0.25, -0.2) is 0 Å². The van der Waals surface area contributed by atoms with E-state index in [9.17, 15) is 0 Å². The molecule has 4 heteroatoms. The number of ether oxygens (including phenoxy) is 1. The van der Waals surface area contributed by atoms with Crippen molar-refractivity contribution in [2.24, 2.45) is 5.41 Å². The zero-order valence-corrected chi connectivity index (χ0v) is 13.2. The topological polar surface area (TPSA) is 45.0 Å². The summed E-state index contributed by atoms with van der Waals surface area (Å²) < 4.78 is 6.02. The first-order valence-corrected chi connectivity index (χ1v) is 7.34. The predicted molar refractivity (Wildman–Crippen MR) is 81.0 cm³/mol. The molecule has 0 saturated heterocycles. The smallest absolute Gasteiger partial charge is 0.121 e. The maximum Gasteiger partial charge on any atom is 0.121 e. The maximum atomic E-state index is 8.87. The Bertz CT molecular complexity index is 534. The highest BCUT2D eigenvalue weighted by Crippen LogP contribution is 2.43. The molecule has 1 aliphatic rings. The molecule has 3 nitrogen and oxygen atoms in total. The third-order valence-corrected chi connectivity index (χ3v) is 4.36. The molecule has 0 aliphatic heterocycles. The summed E-state index contributed by atoms with van der Waals surface area (Å²) >= 11 is 6.03. The van der Waals surface area contributed by atoms with Crippen LogP contribution in [0.4, 0.5) is 0 Å². The van der Waals surface area contributed by atoms with Crippen LogP contribution in [0.2, 0.25) is 5.02 Å². The summed E-state index contributed by atoms with van der Waals surface area (Å²) in [6.45, 7) is 8.74. The summed E-state index contributed by atoms with van der Waals surface area (Å²) in [5, 5.41) is 12.9. The largest absolute Gasteiger partial charge is 0.490 e. The quantitative estimate of drug-likeness (QED) is 0.919. The average Bonchev–Trinajstić information content (AvgIpc) is 2.37. The van der Waals surface area contributed by atoms with E-state index in [0.29, 0.717) is 22.7 Å². The molecule has 2 rings (SSSR count). The van der Waals surface area contributed by atoms with Gasteiger partial charge in [-0.3, -0.25) is 0 Å². The molecular formula is C16H21ClN2O. The minimum atomic E-state index is 0.0879. The van der Waals surface area contributed by atoms with Crippen LogP contribution in [-0.4, -0.2) is 18.2 Å². The minimum absolute atomic E-state index is 0.0879. The van der Waals surface area contributed by atoms with Crippen molar-refractivity contribution in [2.75, 3.05) is 0 Å². The van der Waals surface area contributed by atoms with Gasteiger partial charge in [0.15, 0.2) is 0 Å². The number of hydrogen-bond donors (Lipinski definition) is 1. The van der Waals surface area contributed by atoms with Gasteiger partial charge in [-0.05, 0) is 12.1 Å². The van der Waals surface area contributed by atoms with Crippen molar-refractivity contribution in [1.29, 1.82) is 5.26 Å². The molecule has 1 N–H and O–H groups in total. The monoisotopic (exact) mass is 292 g/mol. The van der Waals surface area contributed by atoms with Crippen LogP contribution in [0.15, 0.2) is 18.2 Å². The fourth-order valence-corrected chi connectivity index (χ4v) is 2.81. The number of nitrogens with one attached hydrogen (secondary N) is 1. The first-order valence-electron chi connectivity index (χ1n) is 6.97. The molecule has 1 aliphatic carbocycles. The molecule has 0 amide bonds. The third-order valence-electron chi connectivity index (χ3n) is 4.05. The molecule has 0 bridgehead atoms. The van der Waals surface area contributed by atoms with Gasteiger partial charge >= 0.3 is 0 Å². The Hall–Kier alpha value is -1.24. The van der Waals surface area contributed by atoms with E-state index < -0.39 is 0 Å². The number of hydrogen-bond acceptors (Lipinski definition) is 3. The highest BCUT2D eigenvalue weighted by Gasteiger charge is 2.49. The first-order chi connectivity index (χ1) is 9.34. The Morgan fingerprint density at radius 3 is 2.65 bits per heavy atom. The van der Waals surface area contributed by atoms with E-state index in [1.165, 1.54) is 0 Å². The Balaban J connectivity index is 2.02. The van der Waals surface area contributed by atoms with Crippen molar-refractivity contribution >= 4 is 11.6 Å². The number of nitriles is 1. The summed E-state index contributed by atoms with van der Waals surface area (Å²) in [6, 6.07) is 8.23. The lowest BCUT2D eigenvalue weighted by Crippen LogP contribution is -2.63. The van der Waals surface area contributed by atoms with Gasteiger partial charge in [0.05, 0.1) is 10.6 Å². The van der Waals surface area contributed by atoms with E-state index in [0.717, 1.165) is 12.2 Å². The van der Waals surface area contributed by atoms with Crippen LogP contribution in [0.25, 0.3) is 0 Å². The van der Waals surface area contributed by atoms with E-state index in [1.54, 1.807) is 12.1 Å². The second-order valence-corrected chi connectivity index (χ2v) is 6.70. The molecule has 2 atom stereocenters. The fraction of sp³-hybridized carbons (Fsp3) is 0.562. The van der Waals surface area contributed by atoms with Crippen LogP contribution in [0.1, 0.15) is 39.7 Å². The zero-order chi connectivity index (χ0) is 14.9. The van der Waals surface area contributed by atoms with Crippen LogP contribution in [0.3, 0.4) is 0 Å². The van der Waals surface area contributed by atoms with Gasteiger partial charge in [0.25, 0.3) is 0 Å². The van der Waals surface area contributed by atoms with E-state index in [-0.39, 0.29) is 11.5 Å². The number of rotatable bonds is 4. The average molecular weight is 293 g/mol. The molecule has 0 heterocycles. The molecular weight excluding hydrogens is 272 g/mol. The second-order valence-electron chi connectivity index (χ2n) is 6.29. The normalized spacial score (nSPS) is 24.1. The number of benzene rings is 1. The Kier molecular flexibility index (Phi) is 4.27. The van der Waals surface area contributed by atoms with Crippen LogP contribution in [-0.2, 0) is 0 Å². The molecule has 1 aromatic carbocycles. The molecule has 1 saturated carbocycles. The van der Waals surface area contributed by atoms with Crippen molar-refractivity contribution in [1.82, 2.24) is 5.32 Å². The highest BCUT2D eigenvalue weighted by molar-refractivity contribution is 6.31. The fourth-order valence-electron chi connectivity index (χ4n) is 2.59. The minimum Gasteiger partial charge on any atom is -0.490 e. The Morgan fingerprint density at radius 2 is 2.15 bits per heavy atom. The standard InChI is InChI=1S/C16H21ClN2O/c1-10(2)19-14-8-15(16(14,3)4)20-12-6-5-11(9-18)13(17)7-12/h5-7,10,14-15,19H,8H2,1-4H3/t14-,15-/m0/s1. The van der Waals surface area contributed by atoms with Gasteiger partial charge < -0.3 is 10.1 Å². The lowest BCUT2D eigenvalue weighted by Gasteiger charge is -2.52. The molecule has 1 aromatic rings. The van der Waals surface area contributed by atoms with Gasteiger partial charge in [-0.15, -0.1) is 0 Å². The van der Waals surface area contributed by atoms with E-state index in [4.69, 9.17) is 21.6 Å². The van der Waals surface area contributed by atoms with Gasteiger partial charge in [-0.1, -0.05) is 39.3 Å². The molecule has 0 radical (unpaired) electrons. The number of halogens is 1. The summed E-state index contributed by atoms with van der Waals surface area (Å²) in [5.74, 6) is 0.732. The highest BCUT2D eigenvalue weighted by atomic mass is 35.5. The van der Waals surface area contributed by atoms with Crippen molar-refractivity contribution in [3.8, 4) is 11.8 Å². The summed E-state index contributed by atoms with van der Waals surface area (Å²) in [6.07, 6.45) is 1.16. The maximum absolute atomic E-state index is 8.87. The molecule has 20 heavy (non-hydrogen) atoms. The summed E-state index contributed by atoms with van der Waals surface area (Å²) in [5.41, 5.74) is 0.566. The van der Waals surface area contributed by atoms with Crippen molar-refractivity contribution in [2.45, 2.75) is 52.3 Å². The van der Waals surface area contributed by atoms with E-state index in [1.807, 2.05) is 6.07 Å². The SMILES string of the molecule is CC(C)N[C@H]1C[C@H](Oc2ccc(C#N)c(Cl)c2)C1(C)C. The van der Waals surface area contributed by atoms with Crippen LogP contribution < -0.4 is 10.1 Å². The van der Waals surface area contributed by atoms with Crippen LogP contribution in [0.5, 0.6) is 5.75 Å². The Morgan fingerprint density at radius 1 is 1.45 bits per heavy atom. The molecule has 108 valence electrons. The molecule has 1 fully saturated rings. The van der Waals surface area contributed by atoms with Crippen molar-refractivity contribution < 1.29 is 4.74 Å². The second kappa shape index (κ2) is 5.63. The van der Waals surface area contributed by atoms with Crippen molar-refractivity contribution in [3.05, 3.63) is 28.8 Å². The van der Waals surface area contributed by atoms with Gasteiger partial charge in [0.1, 0.15) is 17.9 Å². The predicted octanol–water partition coefficient (Wildman–Crippen LogP) is 3.76. The van der Waals surface area contributed by atoms with Gasteiger partial charge in [0, 0.05) is 30.0 Å². The third kappa shape index (κ3) is 2.92. The molecule has 0 spiro atoms. The lowest BCUT2D eigenvalue weighted by molar-refractivity contribution is -0.0574. The van der Waals surface area contributed by atoms with Gasteiger partial charge in [-0.2, -0.15) is 5.26 Å². The number of nitrogens with zero attached hydrogens (tertiary/aromatic N) is 1. The van der Waals surface area contributed by atoms with E-state index in [2.05, 4.69) is 39.1 Å². The van der Waals surface area contributed by atoms with Gasteiger partial charge in [0.2, 0.25) is 0 Å². The summed E-state index contributed by atoms with van der Waals surface area (Å²) in [7, 11) is 0. The Labute approximate surface area is 125 Å². The lowest BCUT2D eigenvalue weighted by atomic mass is 9.64. The summed E-state index contributed by atoms with van der Waals surface area (Å²) in [4.78, 5) is 0. The molecule has 0 unspecified atom stereocenters. The van der Waals surface area contributed by atoms with Crippen LogP contribution in [0, 0.1) is 16.7 Å². The molecule has 0 aromatic heterocycles. The first kappa shape index (κ1) is 15.2. The van der Waals surface area contributed by atoms with Crippen LogP contribution >= 0.6 is 11.6 Å².